The average Bonchev–Trinajstić information content (AvgIpc) is 2.86. The first kappa shape index (κ1) is 17.3. The van der Waals surface area contributed by atoms with E-state index < -0.39 is 9.84 Å². The summed E-state index contributed by atoms with van der Waals surface area (Å²) in [7, 11) is -3.04. The second kappa shape index (κ2) is 7.47. The minimum absolute atomic E-state index is 0.0160. The lowest BCUT2D eigenvalue weighted by molar-refractivity contribution is -0.131. The first-order valence-electron chi connectivity index (χ1n) is 7.58. The van der Waals surface area contributed by atoms with Gasteiger partial charge in [0, 0.05) is 12.5 Å². The molecular formula is C18H21NO3S. The molecule has 0 unspecified atom stereocenters. The van der Waals surface area contributed by atoms with E-state index in [1.54, 1.807) is 6.08 Å². The summed E-state index contributed by atoms with van der Waals surface area (Å²) in [5.41, 5.74) is 2.20. The lowest BCUT2D eigenvalue weighted by atomic mass is 10.1. The lowest BCUT2D eigenvalue weighted by Crippen LogP contribution is -2.41. The number of aryl methyl sites for hydroxylation is 1. The van der Waals surface area contributed by atoms with Gasteiger partial charge in [-0.05, 0) is 18.9 Å². The molecule has 0 radical (unpaired) electrons. The fourth-order valence-electron chi connectivity index (χ4n) is 2.63. The van der Waals surface area contributed by atoms with E-state index in [9.17, 15) is 13.2 Å². The number of amides is 1. The van der Waals surface area contributed by atoms with Gasteiger partial charge < -0.3 is 4.90 Å². The van der Waals surface area contributed by atoms with Gasteiger partial charge in [0.2, 0.25) is 5.91 Å². The Hall–Kier alpha value is -2.06. The van der Waals surface area contributed by atoms with Gasteiger partial charge in [0.25, 0.3) is 0 Å². The minimum atomic E-state index is -3.04. The smallest absolute Gasteiger partial charge is 0.227 e. The van der Waals surface area contributed by atoms with E-state index in [0.29, 0.717) is 6.42 Å². The fourth-order valence-corrected chi connectivity index (χ4v) is 4.36. The van der Waals surface area contributed by atoms with Crippen molar-refractivity contribution in [2.75, 3.05) is 18.1 Å². The van der Waals surface area contributed by atoms with Crippen molar-refractivity contribution in [1.82, 2.24) is 4.90 Å². The molecule has 1 aliphatic rings. The lowest BCUT2D eigenvalue weighted by Gasteiger charge is -2.25. The Morgan fingerprint density at radius 3 is 2.65 bits per heavy atom. The van der Waals surface area contributed by atoms with Crippen LogP contribution in [0.4, 0.5) is 0 Å². The molecule has 23 heavy (non-hydrogen) atoms. The van der Waals surface area contributed by atoms with Gasteiger partial charge in [-0.15, -0.1) is 6.42 Å². The maximum absolute atomic E-state index is 12.4. The number of carbonyl (C=O) groups excluding carboxylic acids is 1. The molecule has 0 aromatic heterocycles. The summed E-state index contributed by atoms with van der Waals surface area (Å²) in [6.45, 7) is 2.17. The summed E-state index contributed by atoms with van der Waals surface area (Å²) in [5, 5.41) is 0. The number of terminal acetylenes is 1. The summed E-state index contributed by atoms with van der Waals surface area (Å²) < 4.78 is 23.2. The first-order chi connectivity index (χ1) is 10.9. The van der Waals surface area contributed by atoms with Crippen LogP contribution >= 0.6 is 0 Å². The van der Waals surface area contributed by atoms with Gasteiger partial charge in [0.1, 0.15) is 0 Å². The van der Waals surface area contributed by atoms with Crippen LogP contribution in [0.2, 0.25) is 0 Å². The van der Waals surface area contributed by atoms with Gasteiger partial charge in [0.05, 0.1) is 18.1 Å². The van der Waals surface area contributed by atoms with Crippen LogP contribution in [0.5, 0.6) is 0 Å². The van der Waals surface area contributed by atoms with Crippen LogP contribution in [0.1, 0.15) is 24.0 Å². The van der Waals surface area contributed by atoms with Gasteiger partial charge in [-0.3, -0.25) is 4.79 Å². The summed E-state index contributed by atoms with van der Waals surface area (Å²) in [4.78, 5) is 13.9. The molecule has 0 bridgehead atoms. The molecule has 0 spiro atoms. The molecule has 1 heterocycles. The number of nitrogens with zero attached hydrogens (tertiary/aromatic N) is 1. The molecule has 5 heteroatoms. The fraction of sp³-hybridized carbons (Fsp3) is 0.389. The SMILES string of the molecule is C#CCN(C(=O)C/C=C/c1ccc(C)cc1)[C@@H]1CCS(=O)(=O)C1. The Kier molecular flexibility index (Phi) is 5.62. The predicted octanol–water partition coefficient (Wildman–Crippen LogP) is 2.05. The van der Waals surface area contributed by atoms with Gasteiger partial charge in [-0.1, -0.05) is 47.9 Å². The third kappa shape index (κ3) is 4.97. The highest BCUT2D eigenvalue weighted by molar-refractivity contribution is 7.91. The summed E-state index contributed by atoms with van der Waals surface area (Å²) in [6, 6.07) is 7.69. The number of hydrogen-bond acceptors (Lipinski definition) is 3. The number of rotatable bonds is 5. The largest absolute Gasteiger partial charge is 0.327 e. The third-order valence-electron chi connectivity index (χ3n) is 3.91. The highest BCUT2D eigenvalue weighted by Crippen LogP contribution is 2.18. The van der Waals surface area contributed by atoms with E-state index in [2.05, 4.69) is 5.92 Å². The zero-order valence-electron chi connectivity index (χ0n) is 13.2. The van der Waals surface area contributed by atoms with Crippen molar-refractivity contribution >= 4 is 21.8 Å². The van der Waals surface area contributed by atoms with Crippen LogP contribution in [0, 0.1) is 19.3 Å². The van der Waals surface area contributed by atoms with Crippen LogP contribution in [0.25, 0.3) is 6.08 Å². The standard InChI is InChI=1S/C18H21NO3S/c1-3-12-19(17-11-13-23(21,22)14-17)18(20)6-4-5-16-9-7-15(2)8-10-16/h1,4-5,7-10,17H,6,11-14H2,2H3/b5-4+/t17-/m1/s1. The number of carbonyl (C=O) groups is 1. The summed E-state index contributed by atoms with van der Waals surface area (Å²) >= 11 is 0. The van der Waals surface area contributed by atoms with Gasteiger partial charge >= 0.3 is 0 Å². The van der Waals surface area contributed by atoms with Crippen molar-refractivity contribution < 1.29 is 13.2 Å². The molecule has 0 N–H and O–H groups in total. The number of hydrogen-bond donors (Lipinski definition) is 0. The Morgan fingerprint density at radius 1 is 1.39 bits per heavy atom. The Bertz CT molecular complexity index is 727. The molecule has 4 nitrogen and oxygen atoms in total. The van der Waals surface area contributed by atoms with Crippen LogP contribution in [-0.4, -0.2) is 43.3 Å². The average molecular weight is 331 g/mol. The highest BCUT2D eigenvalue weighted by Gasteiger charge is 2.33. The zero-order valence-corrected chi connectivity index (χ0v) is 14.1. The van der Waals surface area contributed by atoms with E-state index in [0.717, 1.165) is 5.56 Å². The molecule has 1 amide bonds. The molecule has 0 aliphatic carbocycles. The van der Waals surface area contributed by atoms with E-state index in [4.69, 9.17) is 6.42 Å². The Morgan fingerprint density at radius 2 is 2.09 bits per heavy atom. The first-order valence-corrected chi connectivity index (χ1v) is 9.40. The Balaban J connectivity index is 1.98. The van der Waals surface area contributed by atoms with E-state index in [1.165, 1.54) is 10.5 Å². The molecule has 1 saturated heterocycles. The van der Waals surface area contributed by atoms with Crippen molar-refractivity contribution in [2.24, 2.45) is 0 Å². The third-order valence-corrected chi connectivity index (χ3v) is 5.66. The van der Waals surface area contributed by atoms with Crippen molar-refractivity contribution in [2.45, 2.75) is 25.8 Å². The van der Waals surface area contributed by atoms with Gasteiger partial charge in [-0.2, -0.15) is 0 Å². The van der Waals surface area contributed by atoms with E-state index >= 15 is 0 Å². The summed E-state index contributed by atoms with van der Waals surface area (Å²) in [6.07, 6.45) is 9.69. The molecule has 1 aromatic carbocycles. The normalized spacial score (nSPS) is 19.6. The van der Waals surface area contributed by atoms with Gasteiger partial charge in [-0.25, -0.2) is 8.42 Å². The van der Waals surface area contributed by atoms with E-state index in [1.807, 2.05) is 37.3 Å². The van der Waals surface area contributed by atoms with Crippen molar-refractivity contribution in [1.29, 1.82) is 0 Å². The molecule has 122 valence electrons. The molecule has 2 rings (SSSR count). The minimum Gasteiger partial charge on any atom is -0.327 e. The highest BCUT2D eigenvalue weighted by atomic mass is 32.2. The molecule has 1 aliphatic heterocycles. The van der Waals surface area contributed by atoms with Crippen molar-refractivity contribution in [3.05, 3.63) is 41.5 Å². The Labute approximate surface area is 138 Å². The maximum atomic E-state index is 12.4. The molecule has 1 atom stereocenters. The number of benzene rings is 1. The van der Waals surface area contributed by atoms with Crippen LogP contribution in [-0.2, 0) is 14.6 Å². The quantitative estimate of drug-likeness (QED) is 0.776. The van der Waals surface area contributed by atoms with Crippen molar-refractivity contribution in [3.63, 3.8) is 0 Å². The second-order valence-corrected chi connectivity index (χ2v) is 8.03. The molecular weight excluding hydrogens is 310 g/mol. The molecule has 0 saturated carbocycles. The van der Waals surface area contributed by atoms with Crippen LogP contribution < -0.4 is 0 Å². The molecule has 1 aromatic rings. The monoisotopic (exact) mass is 331 g/mol. The molecule has 1 fully saturated rings. The topological polar surface area (TPSA) is 54.5 Å². The van der Waals surface area contributed by atoms with Gasteiger partial charge in [0.15, 0.2) is 9.84 Å². The second-order valence-electron chi connectivity index (χ2n) is 5.80. The predicted molar refractivity (Wildman–Crippen MR) is 92.4 cm³/mol. The number of sulfone groups is 1. The van der Waals surface area contributed by atoms with Crippen molar-refractivity contribution in [3.8, 4) is 12.3 Å². The summed E-state index contributed by atoms with van der Waals surface area (Å²) in [5.74, 6) is 2.47. The zero-order chi connectivity index (χ0) is 16.9. The van der Waals surface area contributed by atoms with E-state index in [-0.39, 0.29) is 36.4 Å². The maximum Gasteiger partial charge on any atom is 0.227 e. The van der Waals surface area contributed by atoms with Crippen LogP contribution in [0.15, 0.2) is 30.3 Å². The van der Waals surface area contributed by atoms with Crippen LogP contribution in [0.3, 0.4) is 0 Å².